The van der Waals surface area contributed by atoms with Crippen LogP contribution in [0.2, 0.25) is 18.1 Å². The molecule has 412 valence electrons. The molecule has 2 aliphatic rings. The van der Waals surface area contributed by atoms with Gasteiger partial charge in [-0.15, -0.1) is 0 Å². The van der Waals surface area contributed by atoms with E-state index in [2.05, 4.69) is 93.0 Å². The standard InChI is InChI=1S/C56H83N7O10SSi/c1-15-62-47-26-25-40(31-43(47)44(33-56(8,9)36-73-75(13,14)55(5,6)7)50(62)42-23-19-27-57-48(42)38(4)70-11)61-29-30-74(68,69)41(34-61)32-46(52(65)63-28-20-24-45(59-63)53(66)71-12)58-51(64)49(37(2)3)60(10)54(67)72-35-39-21-17-16-18-22-39/h16-19,21-23,25-27,31,37-38,41,45-46,49,59H,15,20,24,28-30,32-36H2,1-14H3,(H,58,64)/t38-,41?,45-,46?,49-/m0/s1. The predicted molar refractivity (Wildman–Crippen MR) is 296 cm³/mol. The number of hydrogen-bond donors (Lipinski definition) is 2. The monoisotopic (exact) mass is 1070 g/mol. The number of carbonyl (C=O) groups excluding carboxylic acids is 4. The van der Waals surface area contributed by atoms with E-state index in [1.165, 1.54) is 24.1 Å². The van der Waals surface area contributed by atoms with Crippen molar-refractivity contribution in [2.75, 3.05) is 58.2 Å². The average Bonchev–Trinajstić information content (AvgIpc) is 3.67. The van der Waals surface area contributed by atoms with Crippen LogP contribution >= 0.6 is 0 Å². The number of aromatic nitrogens is 2. The minimum Gasteiger partial charge on any atom is -0.468 e. The number of benzene rings is 2. The molecule has 4 aromatic rings. The maximum atomic E-state index is 14.8. The number of amides is 3. The largest absolute Gasteiger partial charge is 0.468 e. The van der Waals surface area contributed by atoms with Crippen LogP contribution in [0.25, 0.3) is 22.2 Å². The number of sulfone groups is 1. The van der Waals surface area contributed by atoms with Crippen molar-refractivity contribution >= 4 is 58.6 Å². The Morgan fingerprint density at radius 3 is 2.32 bits per heavy atom. The average molecular weight is 1070 g/mol. The fourth-order valence-corrected chi connectivity index (χ4v) is 12.8. The molecule has 0 saturated carbocycles. The number of methoxy groups -OCH3 is 2. The molecule has 2 aromatic carbocycles. The van der Waals surface area contributed by atoms with Crippen molar-refractivity contribution in [2.24, 2.45) is 11.3 Å². The lowest BCUT2D eigenvalue weighted by Gasteiger charge is -2.39. The molecule has 0 spiro atoms. The Kier molecular flexibility index (Phi) is 19.1. The highest BCUT2D eigenvalue weighted by atomic mass is 32.2. The number of ether oxygens (including phenoxy) is 3. The summed E-state index contributed by atoms with van der Waals surface area (Å²) in [6.07, 6.45) is 2.03. The van der Waals surface area contributed by atoms with E-state index in [0.29, 0.717) is 32.4 Å². The lowest BCUT2D eigenvalue weighted by atomic mass is 9.84. The quantitative estimate of drug-likeness (QED) is 0.0634. The van der Waals surface area contributed by atoms with Gasteiger partial charge in [0.1, 0.15) is 24.7 Å². The van der Waals surface area contributed by atoms with Crippen LogP contribution in [0.1, 0.15) is 105 Å². The molecule has 0 bridgehead atoms. The minimum absolute atomic E-state index is 0.0150. The van der Waals surface area contributed by atoms with Crippen molar-refractivity contribution in [1.82, 2.24) is 30.2 Å². The molecule has 2 aromatic heterocycles. The lowest BCUT2D eigenvalue weighted by molar-refractivity contribution is -0.151. The Bertz CT molecular complexity index is 2760. The van der Waals surface area contributed by atoms with Gasteiger partial charge >= 0.3 is 12.1 Å². The van der Waals surface area contributed by atoms with Gasteiger partial charge in [0, 0.05) is 75.3 Å². The van der Waals surface area contributed by atoms with E-state index in [1.54, 1.807) is 27.2 Å². The van der Waals surface area contributed by atoms with Crippen LogP contribution < -0.4 is 15.6 Å². The highest BCUT2D eigenvalue weighted by molar-refractivity contribution is 7.92. The first-order chi connectivity index (χ1) is 35.2. The number of carbonyl (C=O) groups is 4. The third-order valence-corrected chi connectivity index (χ3v) is 22.0. The number of anilines is 1. The van der Waals surface area contributed by atoms with E-state index in [4.69, 9.17) is 23.6 Å². The molecule has 5 atom stereocenters. The molecule has 2 saturated heterocycles. The number of likely N-dealkylation sites (N-methyl/N-ethyl adjacent to an activating group) is 1. The smallest absolute Gasteiger partial charge is 0.410 e. The third kappa shape index (κ3) is 13.8. The van der Waals surface area contributed by atoms with Crippen LogP contribution in [-0.4, -0.2) is 137 Å². The van der Waals surface area contributed by atoms with E-state index in [9.17, 15) is 27.6 Å². The van der Waals surface area contributed by atoms with Gasteiger partial charge < -0.3 is 33.4 Å². The Morgan fingerprint density at radius 2 is 1.68 bits per heavy atom. The summed E-state index contributed by atoms with van der Waals surface area (Å²) < 4.78 is 54.3. The molecule has 2 aliphatic heterocycles. The summed E-state index contributed by atoms with van der Waals surface area (Å²) in [7, 11) is -1.51. The number of aryl methyl sites for hydroxylation is 1. The second kappa shape index (κ2) is 24.3. The van der Waals surface area contributed by atoms with Crippen LogP contribution in [0.4, 0.5) is 10.5 Å². The van der Waals surface area contributed by atoms with E-state index in [-0.39, 0.29) is 55.0 Å². The van der Waals surface area contributed by atoms with E-state index in [0.717, 1.165) is 44.7 Å². The van der Waals surface area contributed by atoms with Crippen molar-refractivity contribution < 1.29 is 46.2 Å². The number of nitrogens with zero attached hydrogens (tertiary/aromatic N) is 5. The Morgan fingerprint density at radius 1 is 0.973 bits per heavy atom. The van der Waals surface area contributed by atoms with Gasteiger partial charge in [-0.25, -0.2) is 18.6 Å². The number of hydrazine groups is 1. The molecule has 6 rings (SSSR count). The zero-order valence-electron chi connectivity index (χ0n) is 46.8. The van der Waals surface area contributed by atoms with E-state index < -0.39 is 71.3 Å². The zero-order chi connectivity index (χ0) is 55.2. The SMILES string of the molecule is CCn1c(-c2cccnc2[C@H](C)OC)c(CC(C)(C)CO[Si](C)(C)C(C)(C)C)c2cc(N3CCS(=O)(=O)C(CC(NC(=O)[C@H](C(C)C)N(C)C(=O)OCc4ccccc4)C(=O)N4CCC[C@@H](C(=O)OC)N4)C3)ccc21. The first kappa shape index (κ1) is 58.9. The van der Waals surface area contributed by atoms with Crippen molar-refractivity contribution in [1.29, 1.82) is 0 Å². The molecular weight excluding hydrogens is 991 g/mol. The molecule has 0 aliphatic carbocycles. The fraction of sp³-hybridized carbons (Fsp3) is 0.589. The fourth-order valence-electron chi connectivity index (χ4n) is 9.96. The predicted octanol–water partition coefficient (Wildman–Crippen LogP) is 8.46. The first-order valence-corrected chi connectivity index (χ1v) is 31.0. The van der Waals surface area contributed by atoms with Gasteiger partial charge in [0.2, 0.25) is 5.91 Å². The van der Waals surface area contributed by atoms with Crippen LogP contribution in [0.5, 0.6) is 0 Å². The van der Waals surface area contributed by atoms with E-state index >= 15 is 0 Å². The van der Waals surface area contributed by atoms with Crippen molar-refractivity contribution in [3.05, 3.63) is 83.7 Å². The molecule has 75 heavy (non-hydrogen) atoms. The van der Waals surface area contributed by atoms with Gasteiger partial charge in [-0.05, 0) is 110 Å². The van der Waals surface area contributed by atoms with Gasteiger partial charge in [-0.1, -0.05) is 78.8 Å². The summed E-state index contributed by atoms with van der Waals surface area (Å²) in [5, 5.41) is 4.12. The molecule has 2 fully saturated rings. The second-order valence-corrected chi connectivity index (χ2v) is 30.1. The van der Waals surface area contributed by atoms with Gasteiger partial charge in [-0.2, -0.15) is 0 Å². The Balaban J connectivity index is 1.37. The van der Waals surface area contributed by atoms with Gasteiger partial charge in [0.15, 0.2) is 18.2 Å². The number of pyridine rings is 1. The summed E-state index contributed by atoms with van der Waals surface area (Å²) in [5.74, 6) is -2.45. The normalized spacial score (nSPS) is 18.6. The summed E-state index contributed by atoms with van der Waals surface area (Å²) in [6.45, 7) is 25.1. The zero-order valence-corrected chi connectivity index (χ0v) is 48.6. The molecule has 3 amide bonds. The van der Waals surface area contributed by atoms with Gasteiger partial charge in [-0.3, -0.25) is 29.3 Å². The summed E-state index contributed by atoms with van der Waals surface area (Å²) in [6, 6.07) is 16.2. The van der Waals surface area contributed by atoms with Gasteiger partial charge in [0.05, 0.1) is 35.6 Å². The maximum absolute atomic E-state index is 14.8. The number of fused-ring (bicyclic) bond motifs is 1. The first-order valence-electron chi connectivity index (χ1n) is 26.4. The molecule has 17 nitrogen and oxygen atoms in total. The topological polar surface area (TPSA) is 191 Å². The minimum atomic E-state index is -3.83. The maximum Gasteiger partial charge on any atom is 0.410 e. The Labute approximate surface area is 446 Å². The summed E-state index contributed by atoms with van der Waals surface area (Å²) in [5.41, 5.74) is 9.24. The Hall–Kier alpha value is -5.34. The summed E-state index contributed by atoms with van der Waals surface area (Å²) >= 11 is 0. The van der Waals surface area contributed by atoms with Crippen LogP contribution in [0.3, 0.4) is 0 Å². The second-order valence-electron chi connectivity index (χ2n) is 22.9. The van der Waals surface area contributed by atoms with Crippen LogP contribution in [0.15, 0.2) is 66.9 Å². The van der Waals surface area contributed by atoms with Crippen molar-refractivity contribution in [3.63, 3.8) is 0 Å². The van der Waals surface area contributed by atoms with Crippen molar-refractivity contribution in [3.8, 4) is 11.3 Å². The van der Waals surface area contributed by atoms with Gasteiger partial charge in [0.25, 0.3) is 5.91 Å². The number of hydrogen-bond acceptors (Lipinski definition) is 13. The highest BCUT2D eigenvalue weighted by Crippen LogP contribution is 2.43. The number of esters is 1. The highest BCUT2D eigenvalue weighted by Gasteiger charge is 2.43. The van der Waals surface area contributed by atoms with Crippen LogP contribution in [-0.2, 0) is 62.4 Å². The van der Waals surface area contributed by atoms with E-state index in [1.807, 2.05) is 49.4 Å². The molecule has 0 radical (unpaired) electrons. The van der Waals surface area contributed by atoms with Crippen LogP contribution in [0, 0.1) is 11.3 Å². The van der Waals surface area contributed by atoms with Crippen molar-refractivity contribution in [2.45, 2.75) is 149 Å². The molecule has 2 N–H and O–H groups in total. The molecule has 19 heteroatoms. The third-order valence-electron chi connectivity index (χ3n) is 15.4. The number of rotatable bonds is 20. The molecule has 2 unspecified atom stereocenters. The lowest BCUT2D eigenvalue weighted by Crippen LogP contribution is -2.62. The summed E-state index contributed by atoms with van der Waals surface area (Å²) in [4.78, 5) is 63.5. The molecule has 4 heterocycles. The number of nitrogens with one attached hydrogen (secondary N) is 2. The molecular formula is C56H83N7O10SSi.